The molecule has 0 spiro atoms. The standard InChI is InChI=1S/C12H9ClN4/c13-8-6-10-11(14)16-17(12(10)15-7-8)9-4-2-1-3-5-9/h1-7H,(H2,14,16). The number of halogens is 1. The number of nitrogen functional groups attached to an aromatic ring is 1. The Morgan fingerprint density at radius 3 is 2.71 bits per heavy atom. The number of nitrogens with zero attached hydrogens (tertiary/aromatic N) is 3. The molecule has 0 aliphatic carbocycles. The van der Waals surface area contributed by atoms with Gasteiger partial charge in [0.2, 0.25) is 0 Å². The van der Waals surface area contributed by atoms with E-state index in [0.29, 0.717) is 16.5 Å². The number of hydrogen-bond acceptors (Lipinski definition) is 3. The molecule has 0 atom stereocenters. The lowest BCUT2D eigenvalue weighted by Crippen LogP contribution is -1.97. The Morgan fingerprint density at radius 2 is 1.94 bits per heavy atom. The van der Waals surface area contributed by atoms with Gasteiger partial charge in [0.1, 0.15) is 0 Å². The Hall–Kier alpha value is -2.07. The van der Waals surface area contributed by atoms with E-state index in [9.17, 15) is 0 Å². The van der Waals surface area contributed by atoms with Crippen LogP contribution in [-0.4, -0.2) is 14.8 Å². The Labute approximate surface area is 103 Å². The number of anilines is 1. The Morgan fingerprint density at radius 1 is 1.18 bits per heavy atom. The first-order valence-electron chi connectivity index (χ1n) is 5.11. The zero-order valence-corrected chi connectivity index (χ0v) is 9.59. The van der Waals surface area contributed by atoms with Gasteiger partial charge in [-0.1, -0.05) is 29.8 Å². The van der Waals surface area contributed by atoms with E-state index in [0.717, 1.165) is 11.1 Å². The molecule has 1 aromatic carbocycles. The molecule has 0 radical (unpaired) electrons. The number of fused-ring (bicyclic) bond motifs is 1. The molecule has 0 saturated heterocycles. The van der Waals surface area contributed by atoms with Gasteiger partial charge in [0.05, 0.1) is 16.1 Å². The number of para-hydroxylation sites is 1. The van der Waals surface area contributed by atoms with Crippen LogP contribution in [0.4, 0.5) is 5.82 Å². The quantitative estimate of drug-likeness (QED) is 0.716. The highest BCUT2D eigenvalue weighted by Gasteiger charge is 2.10. The number of rotatable bonds is 1. The molecular formula is C12H9ClN4. The van der Waals surface area contributed by atoms with Gasteiger partial charge in [-0.05, 0) is 18.2 Å². The SMILES string of the molecule is Nc1nn(-c2ccccc2)c2ncc(Cl)cc12. The van der Waals surface area contributed by atoms with Gasteiger partial charge in [0, 0.05) is 6.20 Å². The summed E-state index contributed by atoms with van der Waals surface area (Å²) in [7, 11) is 0. The van der Waals surface area contributed by atoms with E-state index < -0.39 is 0 Å². The van der Waals surface area contributed by atoms with Crippen LogP contribution in [0, 0.1) is 0 Å². The van der Waals surface area contributed by atoms with Crippen molar-refractivity contribution < 1.29 is 0 Å². The maximum absolute atomic E-state index is 5.89. The first-order valence-corrected chi connectivity index (χ1v) is 5.48. The third kappa shape index (κ3) is 1.62. The largest absolute Gasteiger partial charge is 0.382 e. The molecule has 5 heteroatoms. The fraction of sp³-hybridized carbons (Fsp3) is 0. The molecule has 2 N–H and O–H groups in total. The Bertz CT molecular complexity index is 676. The second-order valence-electron chi connectivity index (χ2n) is 3.66. The van der Waals surface area contributed by atoms with Gasteiger partial charge in [0.15, 0.2) is 11.5 Å². The zero-order chi connectivity index (χ0) is 11.8. The summed E-state index contributed by atoms with van der Waals surface area (Å²) in [6.07, 6.45) is 1.59. The maximum Gasteiger partial charge on any atom is 0.165 e. The van der Waals surface area contributed by atoms with Gasteiger partial charge in [-0.2, -0.15) is 0 Å². The molecule has 0 aliphatic heterocycles. The minimum Gasteiger partial charge on any atom is -0.382 e. The van der Waals surface area contributed by atoms with Crippen LogP contribution in [0.15, 0.2) is 42.6 Å². The summed E-state index contributed by atoms with van der Waals surface area (Å²) in [6.45, 7) is 0. The third-order valence-electron chi connectivity index (χ3n) is 2.52. The van der Waals surface area contributed by atoms with E-state index in [2.05, 4.69) is 10.1 Å². The van der Waals surface area contributed by atoms with Crippen molar-refractivity contribution >= 4 is 28.5 Å². The predicted octanol–water partition coefficient (Wildman–Crippen LogP) is 2.66. The molecular weight excluding hydrogens is 236 g/mol. The lowest BCUT2D eigenvalue weighted by molar-refractivity contribution is 0.903. The second kappa shape index (κ2) is 3.75. The van der Waals surface area contributed by atoms with Crippen LogP contribution in [0.5, 0.6) is 0 Å². The number of benzene rings is 1. The van der Waals surface area contributed by atoms with Gasteiger partial charge < -0.3 is 5.73 Å². The van der Waals surface area contributed by atoms with Crippen LogP contribution < -0.4 is 5.73 Å². The van der Waals surface area contributed by atoms with Crippen LogP contribution in [-0.2, 0) is 0 Å². The number of nitrogens with two attached hydrogens (primary N) is 1. The summed E-state index contributed by atoms with van der Waals surface area (Å²) in [4.78, 5) is 4.27. The van der Waals surface area contributed by atoms with Crippen molar-refractivity contribution in [1.29, 1.82) is 0 Å². The van der Waals surface area contributed by atoms with E-state index in [1.807, 2.05) is 30.3 Å². The lowest BCUT2D eigenvalue weighted by Gasteiger charge is -2.01. The van der Waals surface area contributed by atoms with E-state index in [-0.39, 0.29) is 0 Å². The molecule has 84 valence electrons. The highest BCUT2D eigenvalue weighted by Crippen LogP contribution is 2.24. The molecule has 3 rings (SSSR count). The monoisotopic (exact) mass is 244 g/mol. The molecule has 0 amide bonds. The van der Waals surface area contributed by atoms with Crippen molar-refractivity contribution in [2.75, 3.05) is 5.73 Å². The van der Waals surface area contributed by atoms with Crippen molar-refractivity contribution in [2.24, 2.45) is 0 Å². The highest BCUT2D eigenvalue weighted by molar-refractivity contribution is 6.31. The lowest BCUT2D eigenvalue weighted by atomic mass is 10.3. The molecule has 0 bridgehead atoms. The van der Waals surface area contributed by atoms with Gasteiger partial charge in [-0.3, -0.25) is 0 Å². The van der Waals surface area contributed by atoms with Crippen LogP contribution >= 0.6 is 11.6 Å². The highest BCUT2D eigenvalue weighted by atomic mass is 35.5. The van der Waals surface area contributed by atoms with E-state index >= 15 is 0 Å². The molecule has 0 unspecified atom stereocenters. The predicted molar refractivity (Wildman–Crippen MR) is 68.3 cm³/mol. The fourth-order valence-electron chi connectivity index (χ4n) is 1.75. The number of hydrogen-bond donors (Lipinski definition) is 1. The summed E-state index contributed by atoms with van der Waals surface area (Å²) in [5.41, 5.74) is 7.48. The Balaban J connectivity index is 2.32. The normalized spacial score (nSPS) is 10.9. The summed E-state index contributed by atoms with van der Waals surface area (Å²) in [5.74, 6) is 0.429. The van der Waals surface area contributed by atoms with Crippen LogP contribution in [0.2, 0.25) is 5.02 Å². The van der Waals surface area contributed by atoms with Crippen LogP contribution in [0.1, 0.15) is 0 Å². The fourth-order valence-corrected chi connectivity index (χ4v) is 1.91. The van der Waals surface area contributed by atoms with E-state index in [1.165, 1.54) is 0 Å². The van der Waals surface area contributed by atoms with Gasteiger partial charge in [0.25, 0.3) is 0 Å². The summed E-state index contributed by atoms with van der Waals surface area (Å²) in [5, 5.41) is 5.59. The number of pyridine rings is 1. The molecule has 0 saturated carbocycles. The van der Waals surface area contributed by atoms with Crippen molar-refractivity contribution in [2.45, 2.75) is 0 Å². The summed E-state index contributed by atoms with van der Waals surface area (Å²) in [6, 6.07) is 11.5. The molecule has 2 aromatic heterocycles. The molecule has 2 heterocycles. The molecule has 0 aliphatic rings. The smallest absolute Gasteiger partial charge is 0.165 e. The van der Waals surface area contributed by atoms with Crippen molar-refractivity contribution in [3.05, 3.63) is 47.6 Å². The second-order valence-corrected chi connectivity index (χ2v) is 4.09. The molecule has 17 heavy (non-hydrogen) atoms. The van der Waals surface area contributed by atoms with Crippen molar-refractivity contribution in [1.82, 2.24) is 14.8 Å². The average Bonchev–Trinajstić information content (AvgIpc) is 2.68. The van der Waals surface area contributed by atoms with E-state index in [4.69, 9.17) is 17.3 Å². The van der Waals surface area contributed by atoms with E-state index in [1.54, 1.807) is 16.9 Å². The minimum absolute atomic E-state index is 0.429. The van der Waals surface area contributed by atoms with Gasteiger partial charge >= 0.3 is 0 Å². The number of aromatic nitrogens is 3. The average molecular weight is 245 g/mol. The topological polar surface area (TPSA) is 56.7 Å². The summed E-state index contributed by atoms with van der Waals surface area (Å²) >= 11 is 5.89. The first-order chi connectivity index (χ1) is 8.25. The molecule has 4 nitrogen and oxygen atoms in total. The van der Waals surface area contributed by atoms with Crippen LogP contribution in [0.3, 0.4) is 0 Å². The minimum atomic E-state index is 0.429. The van der Waals surface area contributed by atoms with Gasteiger partial charge in [-0.15, -0.1) is 5.10 Å². The third-order valence-corrected chi connectivity index (χ3v) is 2.73. The van der Waals surface area contributed by atoms with Crippen LogP contribution in [0.25, 0.3) is 16.7 Å². The molecule has 3 aromatic rings. The van der Waals surface area contributed by atoms with Gasteiger partial charge in [-0.25, -0.2) is 9.67 Å². The Kier molecular flexibility index (Phi) is 2.23. The summed E-state index contributed by atoms with van der Waals surface area (Å²) < 4.78 is 1.71. The van der Waals surface area contributed by atoms with Crippen molar-refractivity contribution in [3.8, 4) is 5.69 Å². The zero-order valence-electron chi connectivity index (χ0n) is 8.84. The maximum atomic E-state index is 5.89. The molecule has 0 fully saturated rings. The van der Waals surface area contributed by atoms with Crippen molar-refractivity contribution in [3.63, 3.8) is 0 Å². The first kappa shape index (κ1) is 10.1.